The van der Waals surface area contributed by atoms with Gasteiger partial charge >= 0.3 is 0 Å². The van der Waals surface area contributed by atoms with Crippen molar-refractivity contribution in [3.63, 3.8) is 0 Å². The second-order valence-electron chi connectivity index (χ2n) is 5.74. The molecule has 0 unspecified atom stereocenters. The molecular weight excluding hydrogens is 260 g/mol. The van der Waals surface area contributed by atoms with E-state index in [1.165, 1.54) is 12.8 Å². The van der Waals surface area contributed by atoms with Crippen molar-refractivity contribution in [3.05, 3.63) is 22.8 Å². The minimum absolute atomic E-state index is 0.0446. The van der Waals surface area contributed by atoms with Gasteiger partial charge in [-0.1, -0.05) is 31.4 Å². The first-order valence-corrected chi connectivity index (χ1v) is 7.33. The Balaban J connectivity index is 2.56. The number of rotatable bonds is 7. The number of aromatic nitrogens is 1. The topological polar surface area (TPSA) is 34.1 Å². The fraction of sp³-hybridized carbons (Fsp3) is 0.667. The van der Waals surface area contributed by atoms with Crippen LogP contribution in [0.3, 0.4) is 0 Å². The molecule has 1 aromatic heterocycles. The van der Waals surface area contributed by atoms with Crippen LogP contribution in [0.1, 0.15) is 52.7 Å². The standard InChI is InChI=1S/C15H25ClN2O/c1-5-6-7-10-19-14-9-8-12(16)13(18-14)11-17-15(2,3)4/h8-9,17H,5-7,10-11H2,1-4H3. The maximum absolute atomic E-state index is 6.15. The Bertz CT molecular complexity index is 388. The molecule has 0 atom stereocenters. The van der Waals surface area contributed by atoms with Crippen LogP contribution >= 0.6 is 11.6 Å². The van der Waals surface area contributed by atoms with Gasteiger partial charge in [-0.3, -0.25) is 0 Å². The monoisotopic (exact) mass is 284 g/mol. The van der Waals surface area contributed by atoms with Gasteiger partial charge in [0.25, 0.3) is 0 Å². The van der Waals surface area contributed by atoms with Crippen LogP contribution in [0.15, 0.2) is 12.1 Å². The van der Waals surface area contributed by atoms with E-state index >= 15 is 0 Å². The van der Waals surface area contributed by atoms with Crippen molar-refractivity contribution in [2.24, 2.45) is 0 Å². The summed E-state index contributed by atoms with van der Waals surface area (Å²) in [4.78, 5) is 4.46. The Morgan fingerprint density at radius 2 is 2.00 bits per heavy atom. The summed E-state index contributed by atoms with van der Waals surface area (Å²) in [6.45, 7) is 9.89. The smallest absolute Gasteiger partial charge is 0.213 e. The first-order valence-electron chi connectivity index (χ1n) is 6.95. The van der Waals surface area contributed by atoms with Crippen LogP contribution in [0.25, 0.3) is 0 Å². The first-order chi connectivity index (χ1) is 8.92. The summed E-state index contributed by atoms with van der Waals surface area (Å²) in [6, 6.07) is 3.68. The highest BCUT2D eigenvalue weighted by molar-refractivity contribution is 6.31. The lowest BCUT2D eigenvalue weighted by molar-refractivity contribution is 0.293. The Morgan fingerprint density at radius 1 is 1.26 bits per heavy atom. The SMILES string of the molecule is CCCCCOc1ccc(Cl)c(CNC(C)(C)C)n1. The molecule has 108 valence electrons. The molecule has 1 heterocycles. The van der Waals surface area contributed by atoms with Gasteiger partial charge in [-0.05, 0) is 33.3 Å². The van der Waals surface area contributed by atoms with Crippen LogP contribution in [0.5, 0.6) is 5.88 Å². The molecule has 0 saturated heterocycles. The minimum Gasteiger partial charge on any atom is -0.478 e. The highest BCUT2D eigenvalue weighted by Gasteiger charge is 2.11. The normalized spacial score (nSPS) is 11.6. The molecule has 0 aliphatic heterocycles. The lowest BCUT2D eigenvalue weighted by atomic mass is 10.1. The summed E-state index contributed by atoms with van der Waals surface area (Å²) in [7, 11) is 0. The largest absolute Gasteiger partial charge is 0.478 e. The van der Waals surface area contributed by atoms with Crippen molar-refractivity contribution in [3.8, 4) is 5.88 Å². The Morgan fingerprint density at radius 3 is 2.63 bits per heavy atom. The molecule has 19 heavy (non-hydrogen) atoms. The minimum atomic E-state index is 0.0446. The van der Waals surface area contributed by atoms with Crippen molar-refractivity contribution in [2.75, 3.05) is 6.61 Å². The average molecular weight is 285 g/mol. The predicted molar refractivity (Wildman–Crippen MR) is 80.9 cm³/mol. The Hall–Kier alpha value is -0.800. The van der Waals surface area contributed by atoms with Gasteiger partial charge in [0.2, 0.25) is 5.88 Å². The zero-order valence-electron chi connectivity index (χ0n) is 12.4. The maximum Gasteiger partial charge on any atom is 0.213 e. The molecule has 0 radical (unpaired) electrons. The average Bonchev–Trinajstić information content (AvgIpc) is 2.34. The van der Waals surface area contributed by atoms with Crippen molar-refractivity contribution in [1.29, 1.82) is 0 Å². The van der Waals surface area contributed by atoms with Crippen molar-refractivity contribution >= 4 is 11.6 Å². The molecule has 0 fully saturated rings. The van der Waals surface area contributed by atoms with E-state index < -0.39 is 0 Å². The van der Waals surface area contributed by atoms with Gasteiger partial charge in [0, 0.05) is 18.2 Å². The van der Waals surface area contributed by atoms with Crippen molar-refractivity contribution < 1.29 is 4.74 Å². The molecule has 0 amide bonds. The molecule has 0 aliphatic carbocycles. The second-order valence-corrected chi connectivity index (χ2v) is 6.14. The molecule has 1 N–H and O–H groups in total. The van der Waals surface area contributed by atoms with E-state index in [9.17, 15) is 0 Å². The predicted octanol–water partition coefficient (Wildman–Crippen LogP) is 4.19. The van der Waals surface area contributed by atoms with Gasteiger partial charge in [-0.15, -0.1) is 0 Å². The number of halogens is 1. The Labute approximate surface area is 121 Å². The first kappa shape index (κ1) is 16.3. The van der Waals surface area contributed by atoms with E-state index in [-0.39, 0.29) is 5.54 Å². The lowest BCUT2D eigenvalue weighted by Gasteiger charge is -2.20. The molecule has 0 bridgehead atoms. The molecule has 1 rings (SSSR count). The maximum atomic E-state index is 6.15. The van der Waals surface area contributed by atoms with Crippen molar-refractivity contribution in [1.82, 2.24) is 10.3 Å². The summed E-state index contributed by atoms with van der Waals surface area (Å²) < 4.78 is 5.64. The van der Waals surface area contributed by atoms with Gasteiger partial charge in [0.15, 0.2) is 0 Å². The summed E-state index contributed by atoms with van der Waals surface area (Å²) in [5.74, 6) is 0.659. The summed E-state index contributed by atoms with van der Waals surface area (Å²) in [6.07, 6.45) is 3.45. The molecule has 0 saturated carbocycles. The fourth-order valence-electron chi connectivity index (χ4n) is 1.55. The molecule has 3 nitrogen and oxygen atoms in total. The van der Waals surface area contributed by atoms with Crippen LogP contribution in [0, 0.1) is 0 Å². The number of pyridine rings is 1. The molecule has 0 aromatic carbocycles. The van der Waals surface area contributed by atoms with Crippen LogP contribution in [0.4, 0.5) is 0 Å². The number of nitrogens with one attached hydrogen (secondary N) is 1. The van der Waals surface area contributed by atoms with Gasteiger partial charge in [0.05, 0.1) is 17.3 Å². The van der Waals surface area contributed by atoms with Crippen LogP contribution in [-0.4, -0.2) is 17.1 Å². The van der Waals surface area contributed by atoms with Crippen LogP contribution in [0.2, 0.25) is 5.02 Å². The molecule has 0 aliphatic rings. The molecule has 4 heteroatoms. The van der Waals surface area contributed by atoms with E-state index in [2.05, 4.69) is 38.0 Å². The fourth-order valence-corrected chi connectivity index (χ4v) is 1.72. The molecule has 1 aromatic rings. The van der Waals surface area contributed by atoms with Gasteiger partial charge < -0.3 is 10.1 Å². The number of hydrogen-bond donors (Lipinski definition) is 1. The third kappa shape index (κ3) is 6.79. The van der Waals surface area contributed by atoms with Crippen LogP contribution in [-0.2, 0) is 6.54 Å². The number of hydrogen-bond acceptors (Lipinski definition) is 3. The second kappa shape index (κ2) is 7.71. The number of nitrogens with zero attached hydrogens (tertiary/aromatic N) is 1. The van der Waals surface area contributed by atoms with E-state index in [0.717, 1.165) is 12.1 Å². The van der Waals surface area contributed by atoms with Gasteiger partial charge in [-0.25, -0.2) is 4.98 Å². The third-order valence-electron chi connectivity index (χ3n) is 2.68. The Kier molecular flexibility index (Phi) is 6.59. The lowest BCUT2D eigenvalue weighted by Crippen LogP contribution is -2.35. The highest BCUT2D eigenvalue weighted by atomic mass is 35.5. The van der Waals surface area contributed by atoms with E-state index in [1.54, 1.807) is 0 Å². The van der Waals surface area contributed by atoms with Crippen molar-refractivity contribution in [2.45, 2.75) is 59.0 Å². The van der Waals surface area contributed by atoms with E-state index in [1.807, 2.05) is 12.1 Å². The number of unbranched alkanes of at least 4 members (excludes halogenated alkanes) is 2. The highest BCUT2D eigenvalue weighted by Crippen LogP contribution is 2.19. The summed E-state index contributed by atoms with van der Waals surface area (Å²) in [5, 5.41) is 4.06. The quantitative estimate of drug-likeness (QED) is 0.762. The van der Waals surface area contributed by atoms with E-state index in [0.29, 0.717) is 24.1 Å². The molecular formula is C15H25ClN2O. The van der Waals surface area contributed by atoms with Gasteiger partial charge in [0.1, 0.15) is 0 Å². The molecule has 0 spiro atoms. The van der Waals surface area contributed by atoms with Crippen LogP contribution < -0.4 is 10.1 Å². The summed E-state index contributed by atoms with van der Waals surface area (Å²) in [5.41, 5.74) is 0.882. The summed E-state index contributed by atoms with van der Waals surface area (Å²) >= 11 is 6.15. The third-order valence-corrected chi connectivity index (χ3v) is 3.02. The zero-order valence-corrected chi connectivity index (χ0v) is 13.2. The number of ether oxygens (including phenoxy) is 1. The van der Waals surface area contributed by atoms with E-state index in [4.69, 9.17) is 16.3 Å². The van der Waals surface area contributed by atoms with Gasteiger partial charge in [-0.2, -0.15) is 0 Å². The zero-order chi connectivity index (χ0) is 14.3.